The lowest BCUT2D eigenvalue weighted by atomic mass is 10.1. The predicted molar refractivity (Wildman–Crippen MR) is 108 cm³/mol. The Labute approximate surface area is 162 Å². The first-order chi connectivity index (χ1) is 13.3. The molecule has 0 spiro atoms. The van der Waals surface area contributed by atoms with Crippen LogP contribution in [-0.2, 0) is 0 Å². The third-order valence-corrected chi connectivity index (χ3v) is 3.93. The Bertz CT molecular complexity index is 962. The summed E-state index contributed by atoms with van der Waals surface area (Å²) in [4.78, 5) is 16.6. The van der Waals surface area contributed by atoms with Crippen molar-refractivity contribution in [1.29, 1.82) is 0 Å². The fraction of sp³-hybridized carbons (Fsp3) is 0.333. The van der Waals surface area contributed by atoms with Crippen LogP contribution in [0.2, 0.25) is 0 Å². The largest absolute Gasteiger partial charge is 0.491 e. The van der Waals surface area contributed by atoms with Crippen LogP contribution in [0.3, 0.4) is 0 Å². The Balaban J connectivity index is 1.75. The number of nitrogens with one attached hydrogen (secondary N) is 1. The smallest absolute Gasteiger partial charge is 0.224 e. The third kappa shape index (κ3) is 4.53. The minimum atomic E-state index is -0.598. The number of anilines is 3. The van der Waals surface area contributed by atoms with Gasteiger partial charge in [-0.25, -0.2) is 9.97 Å². The molecule has 28 heavy (non-hydrogen) atoms. The molecule has 148 valence electrons. The first-order valence-corrected chi connectivity index (χ1v) is 8.84. The summed E-state index contributed by atoms with van der Waals surface area (Å²) in [5.41, 5.74) is 19.2. The van der Waals surface area contributed by atoms with E-state index in [9.17, 15) is 5.11 Å². The van der Waals surface area contributed by atoms with Crippen LogP contribution >= 0.6 is 0 Å². The van der Waals surface area contributed by atoms with E-state index in [1.807, 2.05) is 13.8 Å². The predicted octanol–water partition coefficient (Wildman–Crippen LogP) is 0.571. The van der Waals surface area contributed by atoms with Crippen molar-refractivity contribution in [3.63, 3.8) is 0 Å². The number of nitrogens with zero attached hydrogens (tertiary/aromatic N) is 4. The van der Waals surface area contributed by atoms with Gasteiger partial charge in [0, 0.05) is 18.2 Å². The number of hydrogen-bond donors (Lipinski definition) is 5. The van der Waals surface area contributed by atoms with E-state index in [0.717, 1.165) is 5.56 Å². The first kappa shape index (κ1) is 19.5. The van der Waals surface area contributed by atoms with E-state index in [1.165, 1.54) is 0 Å². The standard InChI is InChI=1S/C18H24N8O2/c1-9(2)22-7-11(27)8-28-12-5-3-10(4-6-12)13-15(19)24-17-14(23-13)16(20)25-18(21)26-17/h3-6,9,11,22,27H,7-8H2,1-2H3,(H6,19,20,21,24,25,26). The SMILES string of the molecule is CC(C)NCC(O)COc1ccc(-c2nc3c(N)nc(N)nc3nc2N)cc1. The molecular weight excluding hydrogens is 360 g/mol. The van der Waals surface area contributed by atoms with Crippen LogP contribution in [0.4, 0.5) is 17.6 Å². The molecule has 2 heterocycles. The van der Waals surface area contributed by atoms with Crippen LogP contribution in [-0.4, -0.2) is 50.3 Å². The van der Waals surface area contributed by atoms with Crippen molar-refractivity contribution in [1.82, 2.24) is 25.3 Å². The fourth-order valence-electron chi connectivity index (χ4n) is 2.54. The van der Waals surface area contributed by atoms with Gasteiger partial charge in [0.1, 0.15) is 24.2 Å². The van der Waals surface area contributed by atoms with Crippen LogP contribution in [0.15, 0.2) is 24.3 Å². The molecule has 1 aromatic carbocycles. The minimum Gasteiger partial charge on any atom is -0.491 e. The second kappa shape index (κ2) is 8.19. The van der Waals surface area contributed by atoms with Crippen molar-refractivity contribution in [3.8, 4) is 17.0 Å². The second-order valence-corrected chi connectivity index (χ2v) is 6.65. The monoisotopic (exact) mass is 384 g/mol. The summed E-state index contributed by atoms with van der Waals surface area (Å²) in [5, 5.41) is 13.1. The zero-order chi connectivity index (χ0) is 20.3. The number of aliphatic hydroxyl groups is 1. The van der Waals surface area contributed by atoms with Crippen LogP contribution in [0, 0.1) is 0 Å². The molecule has 1 atom stereocenters. The maximum atomic E-state index is 9.92. The molecule has 0 aliphatic carbocycles. The lowest BCUT2D eigenvalue weighted by Gasteiger charge is -2.15. The molecule has 0 fully saturated rings. The fourth-order valence-corrected chi connectivity index (χ4v) is 2.54. The van der Waals surface area contributed by atoms with E-state index in [-0.39, 0.29) is 29.8 Å². The van der Waals surface area contributed by atoms with Gasteiger partial charge in [-0.15, -0.1) is 0 Å². The van der Waals surface area contributed by atoms with E-state index in [1.54, 1.807) is 24.3 Å². The van der Waals surface area contributed by atoms with Crippen molar-refractivity contribution in [2.45, 2.75) is 26.0 Å². The maximum absolute atomic E-state index is 9.92. The Kier molecular flexibility index (Phi) is 5.71. The summed E-state index contributed by atoms with van der Waals surface area (Å²) in [5.74, 6) is 0.975. The molecule has 0 aliphatic rings. The van der Waals surface area contributed by atoms with Crippen molar-refractivity contribution in [2.75, 3.05) is 30.4 Å². The van der Waals surface area contributed by atoms with Gasteiger partial charge in [-0.2, -0.15) is 9.97 Å². The minimum absolute atomic E-state index is 0.0127. The van der Waals surface area contributed by atoms with Crippen LogP contribution < -0.4 is 27.3 Å². The number of nitrogens with two attached hydrogens (primary N) is 3. The maximum Gasteiger partial charge on any atom is 0.224 e. The quantitative estimate of drug-likeness (QED) is 0.388. The zero-order valence-electron chi connectivity index (χ0n) is 15.8. The Morgan fingerprint density at radius 1 is 1.00 bits per heavy atom. The molecule has 0 amide bonds. The van der Waals surface area contributed by atoms with E-state index in [4.69, 9.17) is 21.9 Å². The second-order valence-electron chi connectivity index (χ2n) is 6.65. The highest BCUT2D eigenvalue weighted by Crippen LogP contribution is 2.27. The van der Waals surface area contributed by atoms with Crippen molar-refractivity contribution >= 4 is 28.7 Å². The molecule has 0 saturated carbocycles. The van der Waals surface area contributed by atoms with Crippen LogP contribution in [0.25, 0.3) is 22.4 Å². The van der Waals surface area contributed by atoms with Crippen molar-refractivity contribution < 1.29 is 9.84 Å². The molecule has 10 heteroatoms. The molecule has 3 aromatic rings. The summed E-state index contributed by atoms with van der Waals surface area (Å²) in [6.45, 7) is 4.68. The van der Waals surface area contributed by atoms with Gasteiger partial charge in [-0.05, 0) is 24.3 Å². The zero-order valence-corrected chi connectivity index (χ0v) is 15.8. The number of hydrogen-bond acceptors (Lipinski definition) is 10. The molecule has 0 radical (unpaired) electrons. The molecular formula is C18H24N8O2. The summed E-state index contributed by atoms with van der Waals surface area (Å²) < 4.78 is 5.61. The summed E-state index contributed by atoms with van der Waals surface area (Å²) in [6, 6.07) is 7.44. The van der Waals surface area contributed by atoms with E-state index in [0.29, 0.717) is 29.5 Å². The molecule has 3 rings (SSSR count). The Hall–Kier alpha value is -3.24. The molecule has 10 nitrogen and oxygen atoms in total. The van der Waals surface area contributed by atoms with Gasteiger partial charge < -0.3 is 32.4 Å². The Morgan fingerprint density at radius 3 is 2.39 bits per heavy atom. The van der Waals surface area contributed by atoms with E-state index in [2.05, 4.69) is 25.3 Å². The topological polar surface area (TPSA) is 171 Å². The van der Waals surface area contributed by atoms with Crippen molar-refractivity contribution in [3.05, 3.63) is 24.3 Å². The molecule has 0 bridgehead atoms. The van der Waals surface area contributed by atoms with E-state index >= 15 is 0 Å². The molecule has 1 unspecified atom stereocenters. The number of ether oxygens (including phenoxy) is 1. The average Bonchev–Trinajstić information content (AvgIpc) is 2.64. The third-order valence-electron chi connectivity index (χ3n) is 3.93. The molecule has 0 aliphatic heterocycles. The van der Waals surface area contributed by atoms with Gasteiger partial charge in [0.15, 0.2) is 22.8 Å². The number of fused-ring (bicyclic) bond motifs is 1. The number of aliphatic hydroxyl groups excluding tert-OH is 1. The number of benzene rings is 1. The highest BCUT2D eigenvalue weighted by Gasteiger charge is 2.13. The highest BCUT2D eigenvalue weighted by molar-refractivity contribution is 5.87. The summed E-state index contributed by atoms with van der Waals surface area (Å²) in [6.07, 6.45) is -0.598. The average molecular weight is 384 g/mol. The van der Waals surface area contributed by atoms with Gasteiger partial charge in [-0.1, -0.05) is 13.8 Å². The summed E-state index contributed by atoms with van der Waals surface area (Å²) >= 11 is 0. The number of nitrogen functional groups attached to an aromatic ring is 3. The van der Waals surface area contributed by atoms with Gasteiger partial charge in [0.2, 0.25) is 5.95 Å². The number of aromatic nitrogens is 4. The van der Waals surface area contributed by atoms with Gasteiger partial charge >= 0.3 is 0 Å². The molecule has 0 saturated heterocycles. The summed E-state index contributed by atoms with van der Waals surface area (Å²) in [7, 11) is 0. The van der Waals surface area contributed by atoms with Crippen molar-refractivity contribution in [2.24, 2.45) is 0 Å². The van der Waals surface area contributed by atoms with Gasteiger partial charge in [0.25, 0.3) is 0 Å². The van der Waals surface area contributed by atoms with Crippen LogP contribution in [0.1, 0.15) is 13.8 Å². The first-order valence-electron chi connectivity index (χ1n) is 8.84. The number of rotatable bonds is 7. The van der Waals surface area contributed by atoms with Crippen LogP contribution in [0.5, 0.6) is 5.75 Å². The van der Waals surface area contributed by atoms with E-state index < -0.39 is 6.10 Å². The Morgan fingerprint density at radius 2 is 1.71 bits per heavy atom. The highest BCUT2D eigenvalue weighted by atomic mass is 16.5. The lowest BCUT2D eigenvalue weighted by Crippen LogP contribution is -2.35. The lowest BCUT2D eigenvalue weighted by molar-refractivity contribution is 0.104. The molecule has 8 N–H and O–H groups in total. The van der Waals surface area contributed by atoms with Gasteiger partial charge in [0.05, 0.1) is 0 Å². The normalized spacial score (nSPS) is 12.4. The van der Waals surface area contributed by atoms with Gasteiger partial charge in [-0.3, -0.25) is 0 Å². The molecule has 2 aromatic heterocycles.